The number of amides is 1. The summed E-state index contributed by atoms with van der Waals surface area (Å²) in [5.41, 5.74) is 0.688. The highest BCUT2D eigenvalue weighted by Crippen LogP contribution is 2.26. The van der Waals surface area contributed by atoms with Crippen LogP contribution in [0.1, 0.15) is 41.9 Å². The molecule has 1 saturated heterocycles. The number of aromatic nitrogens is 1. The van der Waals surface area contributed by atoms with Crippen molar-refractivity contribution in [3.63, 3.8) is 0 Å². The number of carbonyl (C=O) groups excluding carboxylic acids is 1. The van der Waals surface area contributed by atoms with E-state index in [-0.39, 0.29) is 5.91 Å². The molecule has 1 unspecified atom stereocenters. The van der Waals surface area contributed by atoms with Crippen LogP contribution in [0.4, 0.5) is 0 Å². The molecular formula is C13H19BrN2O2. The number of hydrogen-bond acceptors (Lipinski definition) is 3. The van der Waals surface area contributed by atoms with E-state index in [1.54, 1.807) is 6.92 Å². The standard InChI is InChI=1S/C13H19BrN2O2/c1-8(14)11-4-6-16(7-5-11)13(17)12-9(2)15-10(3)18-12/h8,11H,4-7H2,1-3H3. The number of carbonyl (C=O) groups is 1. The fourth-order valence-electron chi connectivity index (χ4n) is 2.44. The number of halogens is 1. The van der Waals surface area contributed by atoms with Gasteiger partial charge in [-0.15, -0.1) is 0 Å². The van der Waals surface area contributed by atoms with Gasteiger partial charge < -0.3 is 9.32 Å². The Labute approximate surface area is 116 Å². The van der Waals surface area contributed by atoms with Gasteiger partial charge in [0, 0.05) is 24.8 Å². The van der Waals surface area contributed by atoms with Gasteiger partial charge in [-0.25, -0.2) is 4.98 Å². The van der Waals surface area contributed by atoms with Crippen molar-refractivity contribution in [1.82, 2.24) is 9.88 Å². The third-order valence-corrected chi connectivity index (χ3v) is 4.32. The van der Waals surface area contributed by atoms with Crippen LogP contribution in [0.2, 0.25) is 0 Å². The molecule has 1 amide bonds. The second kappa shape index (κ2) is 5.43. The van der Waals surface area contributed by atoms with Crippen LogP contribution < -0.4 is 0 Å². The summed E-state index contributed by atoms with van der Waals surface area (Å²) in [6.45, 7) is 7.36. The minimum atomic E-state index is -0.0197. The van der Waals surface area contributed by atoms with Crippen LogP contribution in [0.3, 0.4) is 0 Å². The predicted molar refractivity (Wildman–Crippen MR) is 73.0 cm³/mol. The number of likely N-dealkylation sites (tertiary alicyclic amines) is 1. The fourth-order valence-corrected chi connectivity index (χ4v) is 2.96. The SMILES string of the molecule is Cc1nc(C)c(C(=O)N2CCC(C(C)Br)CC2)o1. The van der Waals surface area contributed by atoms with Crippen molar-refractivity contribution < 1.29 is 9.21 Å². The number of oxazole rings is 1. The second-order valence-electron chi connectivity index (χ2n) is 4.95. The smallest absolute Gasteiger partial charge is 0.291 e. The van der Waals surface area contributed by atoms with Crippen LogP contribution in [0, 0.1) is 19.8 Å². The molecule has 1 aromatic rings. The maximum absolute atomic E-state index is 12.3. The molecule has 0 radical (unpaired) electrons. The molecule has 2 rings (SSSR count). The zero-order chi connectivity index (χ0) is 13.3. The average Bonchev–Trinajstić information content (AvgIpc) is 2.67. The molecule has 5 heteroatoms. The summed E-state index contributed by atoms with van der Waals surface area (Å²) in [6, 6.07) is 0. The predicted octanol–water partition coefficient (Wildman–Crippen LogP) is 2.93. The van der Waals surface area contributed by atoms with Crippen LogP contribution >= 0.6 is 15.9 Å². The Balaban J connectivity index is 2.02. The minimum Gasteiger partial charge on any atom is -0.436 e. The Bertz CT molecular complexity index is 434. The summed E-state index contributed by atoms with van der Waals surface area (Å²) >= 11 is 3.62. The number of nitrogens with zero attached hydrogens (tertiary/aromatic N) is 2. The molecule has 1 fully saturated rings. The quantitative estimate of drug-likeness (QED) is 0.788. The van der Waals surface area contributed by atoms with Gasteiger partial charge in [0.25, 0.3) is 5.91 Å². The van der Waals surface area contributed by atoms with Crippen molar-refractivity contribution >= 4 is 21.8 Å². The molecule has 0 N–H and O–H groups in total. The lowest BCUT2D eigenvalue weighted by Crippen LogP contribution is -2.40. The molecule has 0 aromatic carbocycles. The lowest BCUT2D eigenvalue weighted by Gasteiger charge is -2.32. The molecule has 1 aromatic heterocycles. The zero-order valence-electron chi connectivity index (χ0n) is 11.1. The first-order chi connectivity index (χ1) is 8.49. The summed E-state index contributed by atoms with van der Waals surface area (Å²) < 4.78 is 5.39. The maximum Gasteiger partial charge on any atom is 0.291 e. The van der Waals surface area contributed by atoms with Crippen molar-refractivity contribution in [3.8, 4) is 0 Å². The molecule has 0 spiro atoms. The van der Waals surface area contributed by atoms with E-state index in [0.717, 1.165) is 25.9 Å². The first kappa shape index (κ1) is 13.6. The topological polar surface area (TPSA) is 46.3 Å². The second-order valence-corrected chi connectivity index (χ2v) is 6.40. The molecule has 4 nitrogen and oxygen atoms in total. The van der Waals surface area contributed by atoms with E-state index in [1.807, 2.05) is 11.8 Å². The Hall–Kier alpha value is -0.840. The van der Waals surface area contributed by atoms with Crippen molar-refractivity contribution in [2.24, 2.45) is 5.92 Å². The Morgan fingerprint density at radius 2 is 2.06 bits per heavy atom. The van der Waals surface area contributed by atoms with E-state index >= 15 is 0 Å². The zero-order valence-corrected chi connectivity index (χ0v) is 12.7. The van der Waals surface area contributed by atoms with Crippen molar-refractivity contribution in [1.29, 1.82) is 0 Å². The van der Waals surface area contributed by atoms with Crippen LogP contribution in [-0.4, -0.2) is 33.7 Å². The highest BCUT2D eigenvalue weighted by Gasteiger charge is 2.28. The molecule has 0 bridgehead atoms. The number of rotatable bonds is 2. The van der Waals surface area contributed by atoms with Gasteiger partial charge in [-0.1, -0.05) is 22.9 Å². The number of piperidine rings is 1. The van der Waals surface area contributed by atoms with E-state index in [1.165, 1.54) is 0 Å². The van der Waals surface area contributed by atoms with E-state index in [9.17, 15) is 4.79 Å². The highest BCUT2D eigenvalue weighted by molar-refractivity contribution is 9.09. The number of hydrogen-bond donors (Lipinski definition) is 0. The van der Waals surface area contributed by atoms with Gasteiger partial charge in [0.1, 0.15) is 0 Å². The third kappa shape index (κ3) is 2.76. The lowest BCUT2D eigenvalue weighted by molar-refractivity contribution is 0.0657. The van der Waals surface area contributed by atoms with Gasteiger partial charge in [0.15, 0.2) is 5.89 Å². The van der Waals surface area contributed by atoms with E-state index in [0.29, 0.717) is 28.1 Å². The van der Waals surface area contributed by atoms with Gasteiger partial charge in [-0.3, -0.25) is 4.79 Å². The van der Waals surface area contributed by atoms with Crippen molar-refractivity contribution in [3.05, 3.63) is 17.3 Å². The number of aryl methyl sites for hydroxylation is 2. The molecule has 18 heavy (non-hydrogen) atoms. The lowest BCUT2D eigenvalue weighted by atomic mass is 9.94. The third-order valence-electron chi connectivity index (χ3n) is 3.57. The van der Waals surface area contributed by atoms with Gasteiger partial charge in [0.2, 0.25) is 5.76 Å². The van der Waals surface area contributed by atoms with Crippen LogP contribution in [0.25, 0.3) is 0 Å². The molecule has 1 aliphatic heterocycles. The van der Waals surface area contributed by atoms with Gasteiger partial charge in [-0.2, -0.15) is 0 Å². The molecule has 0 saturated carbocycles. The molecular weight excluding hydrogens is 296 g/mol. The average molecular weight is 315 g/mol. The van der Waals surface area contributed by atoms with Gasteiger partial charge in [-0.05, 0) is 25.7 Å². The molecule has 1 atom stereocenters. The molecule has 0 aliphatic carbocycles. The van der Waals surface area contributed by atoms with E-state index in [4.69, 9.17) is 4.42 Å². The monoisotopic (exact) mass is 314 g/mol. The summed E-state index contributed by atoms with van der Waals surface area (Å²) in [7, 11) is 0. The van der Waals surface area contributed by atoms with E-state index in [2.05, 4.69) is 27.8 Å². The van der Waals surface area contributed by atoms with Crippen LogP contribution in [0.15, 0.2) is 4.42 Å². The maximum atomic E-state index is 12.3. The molecule has 100 valence electrons. The first-order valence-electron chi connectivity index (χ1n) is 6.36. The Kier molecular flexibility index (Phi) is 4.10. The van der Waals surface area contributed by atoms with Crippen LogP contribution in [-0.2, 0) is 0 Å². The van der Waals surface area contributed by atoms with Crippen molar-refractivity contribution in [2.75, 3.05) is 13.1 Å². The first-order valence-corrected chi connectivity index (χ1v) is 7.28. The van der Waals surface area contributed by atoms with Crippen molar-refractivity contribution in [2.45, 2.75) is 38.4 Å². The van der Waals surface area contributed by atoms with E-state index < -0.39 is 0 Å². The largest absolute Gasteiger partial charge is 0.436 e. The summed E-state index contributed by atoms with van der Waals surface area (Å²) in [5, 5.41) is 0. The van der Waals surface area contributed by atoms with Crippen LogP contribution in [0.5, 0.6) is 0 Å². The number of alkyl halides is 1. The summed E-state index contributed by atoms with van der Waals surface area (Å²) in [6.07, 6.45) is 2.09. The Morgan fingerprint density at radius 1 is 1.44 bits per heavy atom. The fraction of sp³-hybridized carbons (Fsp3) is 0.692. The van der Waals surface area contributed by atoms with Gasteiger partial charge in [0.05, 0.1) is 5.69 Å². The molecule has 1 aliphatic rings. The normalized spacial score (nSPS) is 19.0. The molecule has 2 heterocycles. The minimum absolute atomic E-state index is 0.0197. The van der Waals surface area contributed by atoms with Gasteiger partial charge >= 0.3 is 0 Å². The Morgan fingerprint density at radius 3 is 2.50 bits per heavy atom. The highest BCUT2D eigenvalue weighted by atomic mass is 79.9. The summed E-state index contributed by atoms with van der Waals surface area (Å²) in [5.74, 6) is 1.60. The summed E-state index contributed by atoms with van der Waals surface area (Å²) in [4.78, 5) is 18.8.